The molecule has 0 fully saturated rings. The van der Waals surface area contributed by atoms with Crippen molar-refractivity contribution in [3.8, 4) is 5.75 Å². The summed E-state index contributed by atoms with van der Waals surface area (Å²) in [5, 5.41) is 9.45. The Kier molecular flexibility index (Phi) is 2.76. The van der Waals surface area contributed by atoms with Crippen molar-refractivity contribution in [2.24, 2.45) is 0 Å². The first kappa shape index (κ1) is 12.4. The SMILES string of the molecule is Oc1ccc2c(F)c(NC(F)(F)F)ccc2c1F. The van der Waals surface area contributed by atoms with Crippen LogP contribution >= 0.6 is 0 Å². The van der Waals surface area contributed by atoms with Gasteiger partial charge in [0.2, 0.25) is 0 Å². The van der Waals surface area contributed by atoms with Gasteiger partial charge in [-0.3, -0.25) is 5.32 Å². The van der Waals surface area contributed by atoms with E-state index in [1.165, 1.54) is 0 Å². The summed E-state index contributed by atoms with van der Waals surface area (Å²) in [5.41, 5.74) is -0.805. The van der Waals surface area contributed by atoms with Gasteiger partial charge >= 0.3 is 6.30 Å². The highest BCUT2D eigenvalue weighted by Crippen LogP contribution is 2.32. The van der Waals surface area contributed by atoms with Crippen molar-refractivity contribution < 1.29 is 27.1 Å². The van der Waals surface area contributed by atoms with E-state index in [4.69, 9.17) is 5.11 Å². The molecule has 0 unspecified atom stereocenters. The second kappa shape index (κ2) is 4.01. The molecule has 0 saturated heterocycles. The van der Waals surface area contributed by atoms with Crippen LogP contribution in [0, 0.1) is 11.6 Å². The van der Waals surface area contributed by atoms with Crippen LogP contribution in [-0.4, -0.2) is 11.4 Å². The summed E-state index contributed by atoms with van der Waals surface area (Å²) in [6, 6.07) is 3.60. The summed E-state index contributed by atoms with van der Waals surface area (Å²) in [7, 11) is 0. The summed E-state index contributed by atoms with van der Waals surface area (Å²) in [6.07, 6.45) is -4.79. The van der Waals surface area contributed by atoms with Crippen molar-refractivity contribution >= 4 is 16.5 Å². The molecule has 0 aliphatic rings. The first-order valence-electron chi connectivity index (χ1n) is 4.74. The molecule has 0 atom stereocenters. The minimum absolute atomic E-state index is 0.291. The van der Waals surface area contributed by atoms with Gasteiger partial charge in [-0.05, 0) is 24.3 Å². The predicted molar refractivity (Wildman–Crippen MR) is 55.2 cm³/mol. The van der Waals surface area contributed by atoms with Gasteiger partial charge in [-0.15, -0.1) is 0 Å². The van der Waals surface area contributed by atoms with Gasteiger partial charge in [-0.2, -0.15) is 13.2 Å². The number of aromatic hydroxyl groups is 1. The molecule has 96 valence electrons. The lowest BCUT2D eigenvalue weighted by molar-refractivity contribution is -0.100. The van der Waals surface area contributed by atoms with Crippen LogP contribution in [-0.2, 0) is 0 Å². The van der Waals surface area contributed by atoms with Gasteiger partial charge in [0, 0.05) is 10.8 Å². The molecule has 0 spiro atoms. The lowest BCUT2D eigenvalue weighted by Crippen LogP contribution is -2.21. The fourth-order valence-electron chi connectivity index (χ4n) is 1.57. The van der Waals surface area contributed by atoms with Gasteiger partial charge in [0.1, 0.15) is 0 Å². The molecule has 18 heavy (non-hydrogen) atoms. The molecule has 2 rings (SSSR count). The monoisotopic (exact) mass is 263 g/mol. The molecule has 0 aliphatic heterocycles. The molecule has 0 aliphatic carbocycles. The van der Waals surface area contributed by atoms with Crippen LogP contribution in [0.25, 0.3) is 10.8 Å². The smallest absolute Gasteiger partial charge is 0.482 e. The van der Waals surface area contributed by atoms with E-state index in [1.54, 1.807) is 0 Å². The fourth-order valence-corrected chi connectivity index (χ4v) is 1.57. The van der Waals surface area contributed by atoms with Crippen LogP contribution in [0.3, 0.4) is 0 Å². The number of nitrogens with one attached hydrogen (secondary N) is 1. The number of benzene rings is 2. The maximum Gasteiger partial charge on any atom is 0.482 e. The van der Waals surface area contributed by atoms with E-state index >= 15 is 0 Å². The third-order valence-corrected chi connectivity index (χ3v) is 2.33. The second-order valence-electron chi connectivity index (χ2n) is 3.54. The molecule has 0 bridgehead atoms. The quantitative estimate of drug-likeness (QED) is 0.606. The van der Waals surface area contributed by atoms with E-state index < -0.39 is 29.4 Å². The molecule has 0 radical (unpaired) electrons. The molecular weight excluding hydrogens is 257 g/mol. The van der Waals surface area contributed by atoms with Crippen LogP contribution in [0.4, 0.5) is 27.6 Å². The zero-order valence-electron chi connectivity index (χ0n) is 8.65. The van der Waals surface area contributed by atoms with Gasteiger partial charge in [0.15, 0.2) is 17.4 Å². The Bertz CT molecular complexity index is 608. The summed E-state index contributed by atoms with van der Waals surface area (Å²) in [4.78, 5) is 0. The molecular formula is C11H6F5NO. The van der Waals surface area contributed by atoms with E-state index in [-0.39, 0.29) is 10.8 Å². The molecule has 0 saturated carbocycles. The Hall–Kier alpha value is -2.05. The lowest BCUT2D eigenvalue weighted by Gasteiger charge is -2.12. The number of hydrogen-bond donors (Lipinski definition) is 2. The predicted octanol–water partition coefficient (Wildman–Crippen LogP) is 3.76. The van der Waals surface area contributed by atoms with Crippen LogP contribution in [0.1, 0.15) is 0 Å². The topological polar surface area (TPSA) is 32.3 Å². The molecule has 2 aromatic carbocycles. The first-order chi connectivity index (χ1) is 8.29. The highest BCUT2D eigenvalue weighted by atomic mass is 19.4. The Labute approximate surface area is 97.6 Å². The maximum atomic E-state index is 13.7. The number of alkyl halides is 3. The normalized spacial score (nSPS) is 11.8. The number of hydrogen-bond acceptors (Lipinski definition) is 2. The summed E-state index contributed by atoms with van der Waals surface area (Å²) < 4.78 is 63.3. The van der Waals surface area contributed by atoms with Crippen molar-refractivity contribution in [3.63, 3.8) is 0 Å². The second-order valence-corrected chi connectivity index (χ2v) is 3.54. The van der Waals surface area contributed by atoms with Gasteiger partial charge in [-0.1, -0.05) is 0 Å². The number of phenols is 1. The molecule has 2 nitrogen and oxygen atoms in total. The Morgan fingerprint density at radius 3 is 2.06 bits per heavy atom. The third kappa shape index (κ3) is 2.15. The molecule has 0 aromatic heterocycles. The molecule has 2 N–H and O–H groups in total. The third-order valence-electron chi connectivity index (χ3n) is 2.33. The summed E-state index contributed by atoms with van der Waals surface area (Å²) >= 11 is 0. The number of halogens is 5. The zero-order valence-corrected chi connectivity index (χ0v) is 8.65. The van der Waals surface area contributed by atoms with Crippen molar-refractivity contribution in [3.05, 3.63) is 35.9 Å². The number of rotatable bonds is 1. The van der Waals surface area contributed by atoms with Gasteiger partial charge in [-0.25, -0.2) is 8.78 Å². The largest absolute Gasteiger partial charge is 0.505 e. The fraction of sp³-hybridized carbons (Fsp3) is 0.0909. The minimum Gasteiger partial charge on any atom is -0.505 e. The maximum absolute atomic E-state index is 13.7. The molecule has 2 aromatic rings. The van der Waals surface area contributed by atoms with Crippen LogP contribution in [0.2, 0.25) is 0 Å². The van der Waals surface area contributed by atoms with Crippen molar-refractivity contribution in [2.75, 3.05) is 5.32 Å². The first-order valence-corrected chi connectivity index (χ1v) is 4.74. The van der Waals surface area contributed by atoms with E-state index in [9.17, 15) is 22.0 Å². The molecule has 0 heterocycles. The average molecular weight is 263 g/mol. The number of anilines is 1. The average Bonchev–Trinajstić information content (AvgIpc) is 2.26. The summed E-state index contributed by atoms with van der Waals surface area (Å²) in [6.45, 7) is 0. The summed E-state index contributed by atoms with van der Waals surface area (Å²) in [5.74, 6) is -3.01. The Balaban J connectivity index is 2.62. The van der Waals surface area contributed by atoms with Crippen LogP contribution in [0.15, 0.2) is 24.3 Å². The lowest BCUT2D eigenvalue weighted by atomic mass is 10.1. The van der Waals surface area contributed by atoms with Gasteiger partial charge in [0.25, 0.3) is 0 Å². The Morgan fingerprint density at radius 1 is 0.889 bits per heavy atom. The van der Waals surface area contributed by atoms with E-state index in [0.717, 1.165) is 29.6 Å². The standard InChI is InChI=1S/C11H6F5NO/c12-9-5-2-4-8(18)10(13)6(5)1-3-7(9)17-11(14,15)16/h1-4,17-18H. The van der Waals surface area contributed by atoms with Gasteiger partial charge in [0.05, 0.1) is 5.69 Å². The van der Waals surface area contributed by atoms with Crippen molar-refractivity contribution in [1.29, 1.82) is 0 Å². The molecule has 0 amide bonds. The van der Waals surface area contributed by atoms with E-state index in [2.05, 4.69) is 0 Å². The minimum atomic E-state index is -4.79. The highest BCUT2D eigenvalue weighted by Gasteiger charge is 2.29. The Morgan fingerprint density at radius 2 is 1.44 bits per heavy atom. The number of phenolic OH excluding ortho intramolecular Hbond substituents is 1. The zero-order chi connectivity index (χ0) is 13.5. The van der Waals surface area contributed by atoms with E-state index in [0.29, 0.717) is 0 Å². The van der Waals surface area contributed by atoms with Crippen LogP contribution < -0.4 is 5.32 Å². The van der Waals surface area contributed by atoms with Gasteiger partial charge < -0.3 is 5.11 Å². The highest BCUT2D eigenvalue weighted by molar-refractivity contribution is 5.88. The molecule has 7 heteroatoms. The van der Waals surface area contributed by atoms with Crippen LogP contribution in [0.5, 0.6) is 5.75 Å². The van der Waals surface area contributed by atoms with Crippen molar-refractivity contribution in [2.45, 2.75) is 6.30 Å². The number of fused-ring (bicyclic) bond motifs is 1. The van der Waals surface area contributed by atoms with Crippen molar-refractivity contribution in [1.82, 2.24) is 0 Å². The van der Waals surface area contributed by atoms with E-state index in [1.807, 2.05) is 0 Å².